The maximum atomic E-state index is 11.4. The quantitative estimate of drug-likeness (QED) is 0.474. The third-order valence-electron chi connectivity index (χ3n) is 2.58. The second kappa shape index (κ2) is 9.19. The number of rotatable bonds is 8. The number of unbranched alkanes of at least 4 members (excludes halogenated alkanes) is 1. The molecule has 0 heterocycles. The zero-order valence-electron chi connectivity index (χ0n) is 10.5. The topological polar surface area (TPSA) is 52.6 Å². The van der Waals surface area contributed by atoms with Gasteiger partial charge in [-0.2, -0.15) is 0 Å². The molecule has 1 unspecified atom stereocenters. The molecule has 0 aliphatic rings. The maximum absolute atomic E-state index is 11.4. The van der Waals surface area contributed by atoms with Gasteiger partial charge in [-0.25, -0.2) is 0 Å². The van der Waals surface area contributed by atoms with E-state index < -0.39 is 0 Å². The Kier molecular flexibility index (Phi) is 8.58. The molecular weight excluding hydrogens is 208 g/mol. The molecule has 0 aliphatic carbocycles. The molecule has 0 bridgehead atoms. The van der Waals surface area contributed by atoms with E-state index in [-0.39, 0.29) is 17.9 Å². The highest BCUT2D eigenvalue weighted by atomic mass is 16.5. The van der Waals surface area contributed by atoms with Gasteiger partial charge >= 0.3 is 11.9 Å². The fraction of sp³-hybridized carbons (Fsp3) is 0.833. The van der Waals surface area contributed by atoms with Crippen molar-refractivity contribution in [3.63, 3.8) is 0 Å². The largest absolute Gasteiger partial charge is 0.469 e. The van der Waals surface area contributed by atoms with Gasteiger partial charge in [-0.05, 0) is 19.3 Å². The van der Waals surface area contributed by atoms with E-state index in [2.05, 4.69) is 4.74 Å². The third-order valence-corrected chi connectivity index (χ3v) is 2.58. The molecule has 4 nitrogen and oxygen atoms in total. The molecule has 0 saturated carbocycles. The smallest absolute Gasteiger partial charge is 0.308 e. The van der Waals surface area contributed by atoms with E-state index in [1.165, 1.54) is 14.2 Å². The third kappa shape index (κ3) is 6.43. The first-order chi connectivity index (χ1) is 7.65. The van der Waals surface area contributed by atoms with Gasteiger partial charge in [0.05, 0.1) is 20.1 Å². The van der Waals surface area contributed by atoms with E-state index in [0.717, 1.165) is 32.1 Å². The van der Waals surface area contributed by atoms with Crippen LogP contribution < -0.4 is 0 Å². The van der Waals surface area contributed by atoms with Gasteiger partial charge in [-0.1, -0.05) is 19.8 Å². The minimum Gasteiger partial charge on any atom is -0.469 e. The number of carbonyl (C=O) groups excluding carboxylic acids is 2. The van der Waals surface area contributed by atoms with Gasteiger partial charge < -0.3 is 9.47 Å². The number of esters is 2. The summed E-state index contributed by atoms with van der Waals surface area (Å²) in [6, 6.07) is 0. The van der Waals surface area contributed by atoms with Crippen LogP contribution in [0.2, 0.25) is 0 Å². The fourth-order valence-electron chi connectivity index (χ4n) is 1.66. The first-order valence-electron chi connectivity index (χ1n) is 5.80. The van der Waals surface area contributed by atoms with E-state index in [0.29, 0.717) is 6.42 Å². The van der Waals surface area contributed by atoms with Crippen LogP contribution in [-0.2, 0) is 19.1 Å². The first kappa shape index (κ1) is 14.9. The Hall–Kier alpha value is -1.06. The summed E-state index contributed by atoms with van der Waals surface area (Å²) < 4.78 is 9.28. The summed E-state index contributed by atoms with van der Waals surface area (Å²) in [7, 11) is 2.80. The van der Waals surface area contributed by atoms with Gasteiger partial charge in [0.1, 0.15) is 0 Å². The molecule has 0 amide bonds. The Morgan fingerprint density at radius 3 is 2.25 bits per heavy atom. The summed E-state index contributed by atoms with van der Waals surface area (Å²) in [6.45, 7) is 2.05. The molecule has 0 rings (SSSR count). The molecule has 0 aromatic heterocycles. The van der Waals surface area contributed by atoms with Crippen molar-refractivity contribution in [1.82, 2.24) is 0 Å². The normalized spacial score (nSPS) is 11.9. The Balaban J connectivity index is 3.76. The van der Waals surface area contributed by atoms with E-state index in [4.69, 9.17) is 4.74 Å². The summed E-state index contributed by atoms with van der Waals surface area (Å²) in [5.74, 6) is -0.349. The highest BCUT2D eigenvalue weighted by Crippen LogP contribution is 2.17. The van der Waals surface area contributed by atoms with Crippen LogP contribution in [0.15, 0.2) is 0 Å². The first-order valence-corrected chi connectivity index (χ1v) is 5.80. The average Bonchev–Trinajstić information content (AvgIpc) is 2.31. The van der Waals surface area contributed by atoms with E-state index in [1.54, 1.807) is 0 Å². The van der Waals surface area contributed by atoms with Gasteiger partial charge in [-0.15, -0.1) is 0 Å². The summed E-state index contributed by atoms with van der Waals surface area (Å²) in [4.78, 5) is 22.2. The van der Waals surface area contributed by atoms with Crippen molar-refractivity contribution in [2.24, 2.45) is 5.92 Å². The van der Waals surface area contributed by atoms with Crippen LogP contribution in [0.1, 0.15) is 45.4 Å². The summed E-state index contributed by atoms with van der Waals surface area (Å²) >= 11 is 0. The molecule has 1 atom stereocenters. The minimum absolute atomic E-state index is 0.0207. The SMILES string of the molecule is CCCC(CCCCC(=O)OC)C(=O)OC. The molecule has 0 N–H and O–H groups in total. The van der Waals surface area contributed by atoms with E-state index in [9.17, 15) is 9.59 Å². The predicted molar refractivity (Wildman–Crippen MR) is 60.9 cm³/mol. The zero-order valence-corrected chi connectivity index (χ0v) is 10.5. The van der Waals surface area contributed by atoms with Crippen LogP contribution in [-0.4, -0.2) is 26.2 Å². The van der Waals surface area contributed by atoms with Gasteiger partial charge in [-0.3, -0.25) is 9.59 Å². The van der Waals surface area contributed by atoms with Gasteiger partial charge in [0.25, 0.3) is 0 Å². The van der Waals surface area contributed by atoms with Crippen LogP contribution in [0.5, 0.6) is 0 Å². The van der Waals surface area contributed by atoms with Crippen molar-refractivity contribution >= 4 is 11.9 Å². The van der Waals surface area contributed by atoms with Gasteiger partial charge in [0.15, 0.2) is 0 Å². The lowest BCUT2D eigenvalue weighted by atomic mass is 9.96. The van der Waals surface area contributed by atoms with Crippen LogP contribution in [0.4, 0.5) is 0 Å². The molecule has 16 heavy (non-hydrogen) atoms. The van der Waals surface area contributed by atoms with Crippen LogP contribution in [0.25, 0.3) is 0 Å². The number of ether oxygens (including phenoxy) is 2. The van der Waals surface area contributed by atoms with E-state index in [1.807, 2.05) is 6.92 Å². The molecule has 4 heteroatoms. The lowest BCUT2D eigenvalue weighted by molar-refractivity contribution is -0.146. The van der Waals surface area contributed by atoms with Crippen molar-refractivity contribution in [2.45, 2.75) is 45.4 Å². The van der Waals surface area contributed by atoms with Gasteiger partial charge in [0.2, 0.25) is 0 Å². The Labute approximate surface area is 97.3 Å². The highest BCUT2D eigenvalue weighted by molar-refractivity contribution is 5.72. The predicted octanol–water partition coefficient (Wildman–Crippen LogP) is 2.31. The number of carbonyl (C=O) groups is 2. The second-order valence-corrected chi connectivity index (χ2v) is 3.83. The Bertz CT molecular complexity index is 213. The van der Waals surface area contributed by atoms with E-state index >= 15 is 0 Å². The average molecular weight is 230 g/mol. The van der Waals surface area contributed by atoms with Crippen molar-refractivity contribution < 1.29 is 19.1 Å². The van der Waals surface area contributed by atoms with Crippen LogP contribution in [0.3, 0.4) is 0 Å². The van der Waals surface area contributed by atoms with Crippen LogP contribution in [0, 0.1) is 5.92 Å². The van der Waals surface area contributed by atoms with Crippen molar-refractivity contribution in [1.29, 1.82) is 0 Å². The lowest BCUT2D eigenvalue weighted by Crippen LogP contribution is -2.16. The molecule has 0 radical (unpaired) electrons. The van der Waals surface area contributed by atoms with Crippen molar-refractivity contribution in [2.75, 3.05) is 14.2 Å². The second-order valence-electron chi connectivity index (χ2n) is 3.83. The molecule has 0 aromatic carbocycles. The Morgan fingerprint density at radius 1 is 1.06 bits per heavy atom. The molecule has 94 valence electrons. The van der Waals surface area contributed by atoms with Crippen molar-refractivity contribution in [3.05, 3.63) is 0 Å². The molecule has 0 fully saturated rings. The Morgan fingerprint density at radius 2 is 1.75 bits per heavy atom. The lowest BCUT2D eigenvalue weighted by Gasteiger charge is -2.12. The summed E-state index contributed by atoms with van der Waals surface area (Å²) in [5.41, 5.74) is 0. The minimum atomic E-state index is -0.190. The highest BCUT2D eigenvalue weighted by Gasteiger charge is 2.17. The standard InChI is InChI=1S/C12H22O4/c1-4-7-10(12(14)16-3)8-5-6-9-11(13)15-2/h10H,4-9H2,1-3H3. The number of hydrogen-bond acceptors (Lipinski definition) is 4. The summed E-state index contributed by atoms with van der Waals surface area (Å²) in [5, 5.41) is 0. The molecule has 0 aromatic rings. The monoisotopic (exact) mass is 230 g/mol. The fourth-order valence-corrected chi connectivity index (χ4v) is 1.66. The zero-order chi connectivity index (χ0) is 12.4. The molecule has 0 aliphatic heterocycles. The maximum Gasteiger partial charge on any atom is 0.308 e. The van der Waals surface area contributed by atoms with Gasteiger partial charge in [0, 0.05) is 6.42 Å². The number of methoxy groups -OCH3 is 2. The summed E-state index contributed by atoms with van der Waals surface area (Å²) in [6.07, 6.45) is 4.66. The van der Waals surface area contributed by atoms with Crippen molar-refractivity contribution in [3.8, 4) is 0 Å². The molecule has 0 spiro atoms. The number of hydrogen-bond donors (Lipinski definition) is 0. The van der Waals surface area contributed by atoms with Crippen LogP contribution >= 0.6 is 0 Å². The molecule has 0 saturated heterocycles. The molecular formula is C12H22O4.